The Labute approximate surface area is 114 Å². The van der Waals surface area contributed by atoms with E-state index in [-0.39, 0.29) is 0 Å². The third kappa shape index (κ3) is 2.96. The largest absolute Gasteiger partial charge is 0.289 e. The van der Waals surface area contributed by atoms with Crippen LogP contribution in [0.3, 0.4) is 0 Å². The van der Waals surface area contributed by atoms with Crippen molar-refractivity contribution in [3.63, 3.8) is 0 Å². The summed E-state index contributed by atoms with van der Waals surface area (Å²) in [5, 5.41) is 8.65. The molecule has 0 saturated heterocycles. The van der Waals surface area contributed by atoms with E-state index in [1.807, 2.05) is 6.07 Å². The summed E-state index contributed by atoms with van der Waals surface area (Å²) < 4.78 is 26.8. The highest BCUT2D eigenvalue weighted by atomic mass is 19.1. The second-order valence-electron chi connectivity index (χ2n) is 4.03. The molecule has 2 aromatic rings. The molecule has 2 aromatic carbocycles. The molecule has 98 valence electrons. The molecular formula is C16H9F2NO. The highest BCUT2D eigenvalue weighted by Gasteiger charge is 2.14. The zero-order chi connectivity index (χ0) is 14.5. The predicted octanol–water partition coefficient (Wildman–Crippen LogP) is 3.73. The highest BCUT2D eigenvalue weighted by Crippen LogP contribution is 2.14. The summed E-state index contributed by atoms with van der Waals surface area (Å²) in [6.07, 6.45) is 2.54. The van der Waals surface area contributed by atoms with Gasteiger partial charge in [0.05, 0.1) is 17.2 Å². The molecule has 0 bridgehead atoms. The molecule has 0 radical (unpaired) electrons. The van der Waals surface area contributed by atoms with E-state index in [0.717, 1.165) is 18.2 Å². The van der Waals surface area contributed by atoms with Crippen molar-refractivity contribution in [2.45, 2.75) is 0 Å². The van der Waals surface area contributed by atoms with E-state index in [9.17, 15) is 13.6 Å². The van der Waals surface area contributed by atoms with E-state index in [4.69, 9.17) is 5.26 Å². The van der Waals surface area contributed by atoms with E-state index < -0.39 is 23.0 Å². The topological polar surface area (TPSA) is 40.9 Å². The molecule has 0 aliphatic heterocycles. The minimum Gasteiger partial charge on any atom is -0.289 e. The van der Waals surface area contributed by atoms with Gasteiger partial charge in [0.25, 0.3) is 0 Å². The summed E-state index contributed by atoms with van der Waals surface area (Å²) in [6, 6.07) is 11.7. The molecule has 0 fully saturated rings. The van der Waals surface area contributed by atoms with Gasteiger partial charge in [-0.1, -0.05) is 24.3 Å². The standard InChI is InChI=1S/C16H9F2NO/c17-13-2-1-3-14(18)16(13)15(20)9-8-11-4-6-12(10-19)7-5-11/h1-9H/b9-8+. The van der Waals surface area contributed by atoms with Crippen molar-refractivity contribution in [3.05, 3.63) is 76.9 Å². The summed E-state index contributed by atoms with van der Waals surface area (Å²) in [6.45, 7) is 0. The minimum absolute atomic E-state index is 0.494. The molecular weight excluding hydrogens is 260 g/mol. The van der Waals surface area contributed by atoms with E-state index in [1.54, 1.807) is 24.3 Å². The maximum Gasteiger partial charge on any atom is 0.191 e. The third-order valence-electron chi connectivity index (χ3n) is 2.68. The van der Waals surface area contributed by atoms with Crippen molar-refractivity contribution in [3.8, 4) is 6.07 Å². The third-order valence-corrected chi connectivity index (χ3v) is 2.68. The van der Waals surface area contributed by atoms with E-state index in [2.05, 4.69) is 0 Å². The van der Waals surface area contributed by atoms with Gasteiger partial charge in [-0.25, -0.2) is 8.78 Å². The number of ketones is 1. The smallest absolute Gasteiger partial charge is 0.191 e. The van der Waals surface area contributed by atoms with Crippen molar-refractivity contribution < 1.29 is 13.6 Å². The fraction of sp³-hybridized carbons (Fsp3) is 0. The van der Waals surface area contributed by atoms with Crippen LogP contribution in [0.1, 0.15) is 21.5 Å². The molecule has 0 heterocycles. The molecule has 0 amide bonds. The van der Waals surface area contributed by atoms with Crippen LogP contribution < -0.4 is 0 Å². The normalized spacial score (nSPS) is 10.4. The SMILES string of the molecule is N#Cc1ccc(/C=C/C(=O)c2c(F)cccc2F)cc1. The fourth-order valence-corrected chi connectivity index (χ4v) is 1.66. The average Bonchev–Trinajstić information content (AvgIpc) is 2.45. The van der Waals surface area contributed by atoms with Crippen molar-refractivity contribution in [2.75, 3.05) is 0 Å². The first-order valence-electron chi connectivity index (χ1n) is 5.78. The molecule has 0 saturated carbocycles. The van der Waals surface area contributed by atoms with Crippen LogP contribution in [-0.2, 0) is 0 Å². The van der Waals surface area contributed by atoms with Gasteiger partial charge >= 0.3 is 0 Å². The van der Waals surface area contributed by atoms with E-state index in [1.165, 1.54) is 12.1 Å². The zero-order valence-corrected chi connectivity index (χ0v) is 10.3. The highest BCUT2D eigenvalue weighted by molar-refractivity contribution is 6.07. The van der Waals surface area contributed by atoms with Gasteiger partial charge in [0, 0.05) is 0 Å². The number of hydrogen-bond donors (Lipinski definition) is 0. The van der Waals surface area contributed by atoms with E-state index >= 15 is 0 Å². The number of halogens is 2. The van der Waals surface area contributed by atoms with Gasteiger partial charge in [0.1, 0.15) is 11.6 Å². The lowest BCUT2D eigenvalue weighted by Gasteiger charge is -2.00. The number of nitriles is 1. The Hall–Kier alpha value is -2.80. The van der Waals surface area contributed by atoms with Gasteiger partial charge in [-0.15, -0.1) is 0 Å². The Kier molecular flexibility index (Phi) is 4.02. The number of rotatable bonds is 3. The summed E-state index contributed by atoms with van der Waals surface area (Å²) in [4.78, 5) is 11.8. The Balaban J connectivity index is 2.23. The molecule has 0 aliphatic carbocycles. The van der Waals surface area contributed by atoms with Gasteiger partial charge in [0.15, 0.2) is 5.78 Å². The van der Waals surface area contributed by atoms with Crippen LogP contribution >= 0.6 is 0 Å². The van der Waals surface area contributed by atoms with Crippen molar-refractivity contribution >= 4 is 11.9 Å². The maximum atomic E-state index is 13.4. The van der Waals surface area contributed by atoms with Crippen molar-refractivity contribution in [2.24, 2.45) is 0 Å². The quantitative estimate of drug-likeness (QED) is 0.629. The van der Waals surface area contributed by atoms with Crippen LogP contribution in [0, 0.1) is 23.0 Å². The first kappa shape index (κ1) is 13.6. The lowest BCUT2D eigenvalue weighted by molar-refractivity contribution is 0.104. The molecule has 4 heteroatoms. The molecule has 0 unspecified atom stereocenters. The predicted molar refractivity (Wildman–Crippen MR) is 70.9 cm³/mol. The van der Waals surface area contributed by atoms with Crippen LogP contribution in [0.15, 0.2) is 48.5 Å². The fourth-order valence-electron chi connectivity index (χ4n) is 1.66. The number of carbonyl (C=O) groups is 1. The van der Waals surface area contributed by atoms with Gasteiger partial charge in [-0.05, 0) is 35.9 Å². The molecule has 0 spiro atoms. The number of carbonyl (C=O) groups excluding carboxylic acids is 1. The molecule has 2 nitrogen and oxygen atoms in total. The molecule has 20 heavy (non-hydrogen) atoms. The molecule has 0 aliphatic rings. The zero-order valence-electron chi connectivity index (χ0n) is 10.3. The first-order chi connectivity index (χ1) is 9.61. The van der Waals surface area contributed by atoms with Gasteiger partial charge in [-0.3, -0.25) is 4.79 Å². The van der Waals surface area contributed by atoms with Crippen LogP contribution in [0.5, 0.6) is 0 Å². The maximum absolute atomic E-state index is 13.4. The second-order valence-corrected chi connectivity index (χ2v) is 4.03. The summed E-state index contributed by atoms with van der Waals surface area (Å²) >= 11 is 0. The Morgan fingerprint density at radius 3 is 2.20 bits per heavy atom. The number of nitrogens with zero attached hydrogens (tertiary/aromatic N) is 1. The van der Waals surface area contributed by atoms with E-state index in [0.29, 0.717) is 11.1 Å². The van der Waals surface area contributed by atoms with Crippen LogP contribution in [0.2, 0.25) is 0 Å². The molecule has 0 N–H and O–H groups in total. The second kappa shape index (κ2) is 5.89. The Morgan fingerprint density at radius 2 is 1.65 bits per heavy atom. The number of benzene rings is 2. The number of hydrogen-bond acceptors (Lipinski definition) is 2. The van der Waals surface area contributed by atoms with Crippen LogP contribution in [-0.4, -0.2) is 5.78 Å². The van der Waals surface area contributed by atoms with Crippen molar-refractivity contribution in [1.29, 1.82) is 5.26 Å². The molecule has 0 aromatic heterocycles. The van der Waals surface area contributed by atoms with Crippen molar-refractivity contribution in [1.82, 2.24) is 0 Å². The average molecular weight is 269 g/mol. The minimum atomic E-state index is -0.889. The van der Waals surface area contributed by atoms with Crippen LogP contribution in [0.25, 0.3) is 6.08 Å². The molecule has 2 rings (SSSR count). The van der Waals surface area contributed by atoms with Gasteiger partial charge < -0.3 is 0 Å². The molecule has 0 atom stereocenters. The summed E-state index contributed by atoms with van der Waals surface area (Å²) in [5.74, 6) is -2.52. The lowest BCUT2D eigenvalue weighted by Crippen LogP contribution is -2.02. The van der Waals surface area contributed by atoms with Gasteiger partial charge in [-0.2, -0.15) is 5.26 Å². The van der Waals surface area contributed by atoms with Gasteiger partial charge in [0.2, 0.25) is 0 Å². The first-order valence-corrected chi connectivity index (χ1v) is 5.78. The van der Waals surface area contributed by atoms with Crippen LogP contribution in [0.4, 0.5) is 8.78 Å². The lowest BCUT2D eigenvalue weighted by atomic mass is 10.1. The number of allylic oxidation sites excluding steroid dienone is 1. The summed E-state index contributed by atoms with van der Waals surface area (Å²) in [5.41, 5.74) is 0.583. The Morgan fingerprint density at radius 1 is 1.05 bits per heavy atom. The Bertz CT molecular complexity index is 692. The summed E-state index contributed by atoms with van der Waals surface area (Å²) in [7, 11) is 0. The monoisotopic (exact) mass is 269 g/mol.